The number of hydrogen-bond acceptors (Lipinski definition) is 3. The van der Waals surface area contributed by atoms with Gasteiger partial charge in [-0.15, -0.1) is 0 Å². The summed E-state index contributed by atoms with van der Waals surface area (Å²) in [4.78, 5) is 0. The first-order valence-electron chi connectivity index (χ1n) is 5.30. The van der Waals surface area contributed by atoms with Crippen LogP contribution in [-0.4, -0.2) is 26.4 Å². The molecule has 0 aliphatic rings. The van der Waals surface area contributed by atoms with Gasteiger partial charge >= 0.3 is 0 Å². The summed E-state index contributed by atoms with van der Waals surface area (Å²) in [6.07, 6.45) is 0.597. The molecule has 0 amide bonds. The van der Waals surface area contributed by atoms with Crippen LogP contribution in [0.25, 0.3) is 0 Å². The molecule has 1 aromatic rings. The zero-order valence-corrected chi connectivity index (χ0v) is 9.70. The van der Waals surface area contributed by atoms with Gasteiger partial charge in [-0.3, -0.25) is 0 Å². The molecule has 16 heavy (non-hydrogen) atoms. The predicted molar refractivity (Wildman–Crippen MR) is 61.1 cm³/mol. The Labute approximate surface area is 95.4 Å². The van der Waals surface area contributed by atoms with Gasteiger partial charge in [0.2, 0.25) is 0 Å². The number of nitrogens with two attached hydrogens (primary N) is 1. The fourth-order valence-electron chi connectivity index (χ4n) is 1.45. The van der Waals surface area contributed by atoms with Crippen LogP contribution < -0.4 is 10.5 Å². The molecule has 0 spiro atoms. The lowest BCUT2D eigenvalue weighted by molar-refractivity contribution is 0.143. The second-order valence-corrected chi connectivity index (χ2v) is 3.75. The standard InChI is InChI=1S/C12H18FNO2/c1-9(14)8-10-4-3-5-11(13)12(10)16-7-6-15-2/h3-5,9H,6-8,14H2,1-2H3. The molecule has 0 heterocycles. The highest BCUT2D eigenvalue weighted by Crippen LogP contribution is 2.23. The third-order valence-corrected chi connectivity index (χ3v) is 2.12. The second-order valence-electron chi connectivity index (χ2n) is 3.75. The Morgan fingerprint density at radius 2 is 2.12 bits per heavy atom. The summed E-state index contributed by atoms with van der Waals surface area (Å²) in [5.41, 5.74) is 6.49. The summed E-state index contributed by atoms with van der Waals surface area (Å²) in [7, 11) is 1.58. The molecule has 1 rings (SSSR count). The Bertz CT molecular complexity index is 329. The van der Waals surface area contributed by atoms with Gasteiger partial charge in [0.05, 0.1) is 6.61 Å². The first-order chi connectivity index (χ1) is 7.65. The molecule has 0 radical (unpaired) electrons. The molecule has 1 atom stereocenters. The van der Waals surface area contributed by atoms with E-state index in [1.54, 1.807) is 13.2 Å². The summed E-state index contributed by atoms with van der Waals surface area (Å²) in [6.45, 7) is 2.65. The van der Waals surface area contributed by atoms with E-state index in [0.29, 0.717) is 19.6 Å². The van der Waals surface area contributed by atoms with E-state index < -0.39 is 0 Å². The Kier molecular flexibility index (Phi) is 5.22. The number of hydrogen-bond donors (Lipinski definition) is 1. The number of ether oxygens (including phenoxy) is 2. The number of methoxy groups -OCH3 is 1. The molecule has 0 aliphatic heterocycles. The molecule has 0 saturated carbocycles. The Hall–Kier alpha value is -1.13. The molecule has 0 bridgehead atoms. The van der Waals surface area contributed by atoms with Gasteiger partial charge in [0.1, 0.15) is 6.61 Å². The lowest BCUT2D eigenvalue weighted by atomic mass is 10.1. The Morgan fingerprint density at radius 3 is 2.75 bits per heavy atom. The third kappa shape index (κ3) is 3.79. The molecule has 0 saturated heterocycles. The van der Waals surface area contributed by atoms with Gasteiger partial charge < -0.3 is 15.2 Å². The van der Waals surface area contributed by atoms with Gasteiger partial charge in [-0.2, -0.15) is 0 Å². The van der Waals surface area contributed by atoms with E-state index in [0.717, 1.165) is 5.56 Å². The topological polar surface area (TPSA) is 44.5 Å². The lowest BCUT2D eigenvalue weighted by Gasteiger charge is -2.13. The van der Waals surface area contributed by atoms with Crippen molar-refractivity contribution >= 4 is 0 Å². The molecule has 3 nitrogen and oxygen atoms in total. The van der Waals surface area contributed by atoms with Crippen LogP contribution in [0.4, 0.5) is 4.39 Å². The number of halogens is 1. The van der Waals surface area contributed by atoms with E-state index in [-0.39, 0.29) is 17.6 Å². The minimum Gasteiger partial charge on any atom is -0.488 e. The van der Waals surface area contributed by atoms with Crippen molar-refractivity contribution in [3.63, 3.8) is 0 Å². The minimum absolute atomic E-state index is 0.0217. The summed E-state index contributed by atoms with van der Waals surface area (Å²) < 4.78 is 23.7. The molecule has 1 unspecified atom stereocenters. The normalized spacial score (nSPS) is 12.5. The molecule has 0 aromatic heterocycles. The van der Waals surface area contributed by atoms with Gasteiger partial charge in [-0.25, -0.2) is 4.39 Å². The van der Waals surface area contributed by atoms with Crippen molar-refractivity contribution in [2.24, 2.45) is 5.73 Å². The number of para-hydroxylation sites is 1. The Balaban J connectivity index is 2.77. The van der Waals surface area contributed by atoms with Crippen LogP contribution in [0.15, 0.2) is 18.2 Å². The van der Waals surface area contributed by atoms with E-state index in [2.05, 4.69) is 0 Å². The van der Waals surface area contributed by atoms with Crippen LogP contribution in [0.5, 0.6) is 5.75 Å². The predicted octanol–water partition coefficient (Wildman–Crippen LogP) is 1.74. The van der Waals surface area contributed by atoms with Crippen molar-refractivity contribution in [1.29, 1.82) is 0 Å². The third-order valence-electron chi connectivity index (χ3n) is 2.12. The molecule has 2 N–H and O–H groups in total. The van der Waals surface area contributed by atoms with Gasteiger partial charge in [0, 0.05) is 13.2 Å². The summed E-state index contributed by atoms with van der Waals surface area (Å²) in [5, 5.41) is 0. The molecular formula is C12H18FNO2. The van der Waals surface area contributed by atoms with E-state index in [4.69, 9.17) is 15.2 Å². The summed E-state index contributed by atoms with van der Waals surface area (Å²) in [5.74, 6) is -0.0638. The smallest absolute Gasteiger partial charge is 0.165 e. The van der Waals surface area contributed by atoms with Crippen LogP contribution in [0.1, 0.15) is 12.5 Å². The second kappa shape index (κ2) is 6.45. The van der Waals surface area contributed by atoms with Crippen molar-refractivity contribution in [3.8, 4) is 5.75 Å². The van der Waals surface area contributed by atoms with Gasteiger partial charge in [-0.1, -0.05) is 12.1 Å². The van der Waals surface area contributed by atoms with Gasteiger partial charge in [0.25, 0.3) is 0 Å². The van der Waals surface area contributed by atoms with Crippen LogP contribution in [-0.2, 0) is 11.2 Å². The quantitative estimate of drug-likeness (QED) is 0.753. The van der Waals surface area contributed by atoms with E-state index in [9.17, 15) is 4.39 Å². The monoisotopic (exact) mass is 227 g/mol. The van der Waals surface area contributed by atoms with E-state index >= 15 is 0 Å². The van der Waals surface area contributed by atoms with Crippen LogP contribution in [0.2, 0.25) is 0 Å². The van der Waals surface area contributed by atoms with Crippen molar-refractivity contribution in [1.82, 2.24) is 0 Å². The minimum atomic E-state index is -0.353. The largest absolute Gasteiger partial charge is 0.488 e. The van der Waals surface area contributed by atoms with Crippen molar-refractivity contribution in [3.05, 3.63) is 29.6 Å². The van der Waals surface area contributed by atoms with Crippen LogP contribution in [0.3, 0.4) is 0 Å². The van der Waals surface area contributed by atoms with Crippen LogP contribution in [0, 0.1) is 5.82 Å². The maximum atomic E-state index is 13.5. The maximum Gasteiger partial charge on any atom is 0.165 e. The van der Waals surface area contributed by atoms with E-state index in [1.807, 2.05) is 13.0 Å². The highest BCUT2D eigenvalue weighted by atomic mass is 19.1. The average molecular weight is 227 g/mol. The zero-order valence-electron chi connectivity index (χ0n) is 9.70. The SMILES string of the molecule is COCCOc1c(F)cccc1CC(C)N. The maximum absolute atomic E-state index is 13.5. The average Bonchev–Trinajstić information content (AvgIpc) is 2.21. The van der Waals surface area contributed by atoms with Crippen molar-refractivity contribution < 1.29 is 13.9 Å². The molecule has 0 fully saturated rings. The fourth-order valence-corrected chi connectivity index (χ4v) is 1.45. The molecule has 90 valence electrons. The highest BCUT2D eigenvalue weighted by Gasteiger charge is 2.10. The highest BCUT2D eigenvalue weighted by molar-refractivity contribution is 5.35. The molecule has 4 heteroatoms. The van der Waals surface area contributed by atoms with E-state index in [1.165, 1.54) is 6.07 Å². The molecule has 0 aliphatic carbocycles. The fraction of sp³-hybridized carbons (Fsp3) is 0.500. The van der Waals surface area contributed by atoms with Crippen molar-refractivity contribution in [2.75, 3.05) is 20.3 Å². The Morgan fingerprint density at radius 1 is 1.38 bits per heavy atom. The molecular weight excluding hydrogens is 209 g/mol. The summed E-state index contributed by atoms with van der Waals surface area (Å²) >= 11 is 0. The lowest BCUT2D eigenvalue weighted by Crippen LogP contribution is -2.19. The van der Waals surface area contributed by atoms with Gasteiger partial charge in [0.15, 0.2) is 11.6 Å². The summed E-state index contributed by atoms with van der Waals surface area (Å²) in [6, 6.07) is 4.85. The number of rotatable bonds is 6. The van der Waals surface area contributed by atoms with Gasteiger partial charge in [-0.05, 0) is 25.0 Å². The van der Waals surface area contributed by atoms with Crippen molar-refractivity contribution in [2.45, 2.75) is 19.4 Å². The zero-order chi connectivity index (χ0) is 12.0. The first-order valence-corrected chi connectivity index (χ1v) is 5.30. The number of benzene rings is 1. The van der Waals surface area contributed by atoms with Crippen LogP contribution >= 0.6 is 0 Å². The molecule has 1 aromatic carbocycles. The first kappa shape index (κ1) is 12.9.